The van der Waals surface area contributed by atoms with Gasteiger partial charge in [-0.2, -0.15) is 0 Å². The number of ether oxygens (including phenoxy) is 2. The molecule has 0 aliphatic carbocycles. The average molecular weight is 262 g/mol. The molecular weight excluding hydrogens is 248 g/mol. The Balaban J connectivity index is 3.89. The van der Waals surface area contributed by atoms with Crippen LogP contribution in [0.2, 0.25) is 0 Å². The molecule has 0 saturated carbocycles. The van der Waals surface area contributed by atoms with Gasteiger partial charge in [-0.3, -0.25) is 0 Å². The molecule has 17 heavy (non-hydrogen) atoms. The zero-order valence-corrected chi connectivity index (χ0v) is 10.2. The monoisotopic (exact) mass is 262 g/mol. The summed E-state index contributed by atoms with van der Waals surface area (Å²) in [5, 5.41) is 0.783. The number of esters is 2. The van der Waals surface area contributed by atoms with Crippen molar-refractivity contribution in [3.63, 3.8) is 0 Å². The second kappa shape index (κ2) is 7.61. The molecule has 0 radical (unpaired) electrons. The first-order valence-corrected chi connectivity index (χ1v) is 6.49. The molecule has 0 spiro atoms. The van der Waals surface area contributed by atoms with E-state index < -0.39 is 21.8 Å². The second-order valence-corrected chi connectivity index (χ2v) is 4.97. The van der Waals surface area contributed by atoms with Crippen molar-refractivity contribution in [2.24, 2.45) is 0 Å². The summed E-state index contributed by atoms with van der Waals surface area (Å²) in [5.74, 6) is -1.52. The molecule has 0 atom stereocenters. The van der Waals surface area contributed by atoms with E-state index in [-0.39, 0.29) is 19.0 Å². The Morgan fingerprint density at radius 3 is 2.18 bits per heavy atom. The molecule has 0 bridgehead atoms. The second-order valence-electron chi connectivity index (χ2n) is 2.79. The fraction of sp³-hybridized carbons (Fsp3) is 0.400. The molecule has 0 heterocycles. The molecule has 0 aliphatic heterocycles. The Hall–Kier alpha value is -1.63. The van der Waals surface area contributed by atoms with Crippen LogP contribution in [0.4, 0.5) is 0 Å². The van der Waals surface area contributed by atoms with Crippen LogP contribution in [-0.2, 0) is 28.9 Å². The fourth-order valence-electron chi connectivity index (χ4n) is 0.647. The van der Waals surface area contributed by atoms with Crippen LogP contribution < -0.4 is 0 Å². The first-order valence-electron chi connectivity index (χ1n) is 4.78. The Labute approximate surface area is 99.8 Å². The molecule has 0 fully saturated rings. The molecule has 0 aromatic carbocycles. The first kappa shape index (κ1) is 15.4. The topological polar surface area (TPSA) is 86.7 Å². The Morgan fingerprint density at radius 2 is 1.71 bits per heavy atom. The van der Waals surface area contributed by atoms with E-state index in [4.69, 9.17) is 0 Å². The number of carbonyl (C=O) groups excluding carboxylic acids is 2. The summed E-state index contributed by atoms with van der Waals surface area (Å²) in [6.45, 7) is 4.39. The fourth-order valence-corrected chi connectivity index (χ4v) is 1.16. The van der Waals surface area contributed by atoms with Crippen LogP contribution in [-0.4, -0.2) is 39.3 Å². The lowest BCUT2D eigenvalue weighted by atomic mass is 10.6. The maximum atomic E-state index is 11.0. The number of carbonyl (C=O) groups is 2. The van der Waals surface area contributed by atoms with Gasteiger partial charge in [-0.1, -0.05) is 13.5 Å². The summed E-state index contributed by atoms with van der Waals surface area (Å²) >= 11 is 0. The van der Waals surface area contributed by atoms with Crippen molar-refractivity contribution < 1.29 is 27.5 Å². The molecule has 0 unspecified atom stereocenters. The van der Waals surface area contributed by atoms with Crippen molar-refractivity contribution in [3.8, 4) is 0 Å². The largest absolute Gasteiger partial charge is 0.459 e. The van der Waals surface area contributed by atoms with Crippen molar-refractivity contribution >= 4 is 21.8 Å². The summed E-state index contributed by atoms with van der Waals surface area (Å²) < 4.78 is 31.1. The molecule has 0 saturated heterocycles. The van der Waals surface area contributed by atoms with Crippen molar-refractivity contribution in [2.45, 2.75) is 6.92 Å². The van der Waals surface area contributed by atoms with Crippen LogP contribution in [0.25, 0.3) is 0 Å². The molecule has 0 aromatic heterocycles. The van der Waals surface area contributed by atoms with Crippen LogP contribution >= 0.6 is 0 Å². The van der Waals surface area contributed by atoms with Gasteiger partial charge in [-0.05, 0) is 0 Å². The van der Waals surface area contributed by atoms with Gasteiger partial charge in [-0.15, -0.1) is 0 Å². The Morgan fingerprint density at radius 1 is 1.18 bits per heavy atom. The molecule has 0 rings (SSSR count). The van der Waals surface area contributed by atoms with E-state index >= 15 is 0 Å². The van der Waals surface area contributed by atoms with E-state index in [1.54, 1.807) is 0 Å². The molecule has 6 nitrogen and oxygen atoms in total. The molecular formula is C10H14O6S. The van der Waals surface area contributed by atoms with E-state index in [1.807, 2.05) is 0 Å². The van der Waals surface area contributed by atoms with E-state index in [2.05, 4.69) is 16.1 Å². The zero-order valence-electron chi connectivity index (χ0n) is 9.42. The smallest absolute Gasteiger partial charge is 0.331 e. The van der Waals surface area contributed by atoms with Crippen LogP contribution in [0.5, 0.6) is 0 Å². The maximum absolute atomic E-state index is 11.0. The third kappa shape index (κ3) is 8.21. The van der Waals surface area contributed by atoms with E-state index in [0.717, 1.165) is 17.6 Å². The van der Waals surface area contributed by atoms with Gasteiger partial charge in [0, 0.05) is 17.6 Å². The predicted octanol–water partition coefficient (Wildman–Crippen LogP) is 0.207. The molecule has 0 N–H and O–H groups in total. The minimum absolute atomic E-state index is 0.0896. The normalized spacial score (nSPS) is 11.1. The highest BCUT2D eigenvalue weighted by Gasteiger charge is 2.04. The minimum Gasteiger partial charge on any atom is -0.459 e. The van der Waals surface area contributed by atoms with Gasteiger partial charge in [0.2, 0.25) is 0 Å². The lowest BCUT2D eigenvalue weighted by molar-refractivity contribution is -0.146. The van der Waals surface area contributed by atoms with Gasteiger partial charge in [0.05, 0.1) is 5.75 Å². The van der Waals surface area contributed by atoms with Gasteiger partial charge >= 0.3 is 11.9 Å². The van der Waals surface area contributed by atoms with Gasteiger partial charge in [0.15, 0.2) is 9.84 Å². The highest BCUT2D eigenvalue weighted by Crippen LogP contribution is 1.93. The van der Waals surface area contributed by atoms with Crippen molar-refractivity contribution in [1.29, 1.82) is 0 Å². The molecule has 7 heteroatoms. The third-order valence-electron chi connectivity index (χ3n) is 1.55. The zero-order chi connectivity index (χ0) is 13.3. The molecule has 0 aliphatic rings. The molecule has 0 amide bonds. The summed E-state index contributed by atoms with van der Waals surface area (Å²) in [7, 11) is -3.34. The lowest BCUT2D eigenvalue weighted by Crippen LogP contribution is -2.11. The number of hydrogen-bond acceptors (Lipinski definition) is 6. The van der Waals surface area contributed by atoms with Crippen molar-refractivity contribution in [1.82, 2.24) is 0 Å². The summed E-state index contributed by atoms with van der Waals surface area (Å²) in [5.41, 5.74) is 0. The van der Waals surface area contributed by atoms with Crippen LogP contribution in [0, 0.1) is 0 Å². The summed E-state index contributed by atoms with van der Waals surface area (Å²) in [4.78, 5) is 21.6. The predicted molar refractivity (Wildman–Crippen MR) is 60.7 cm³/mol. The van der Waals surface area contributed by atoms with Crippen LogP contribution in [0.15, 0.2) is 24.1 Å². The van der Waals surface area contributed by atoms with Crippen molar-refractivity contribution in [2.75, 3.05) is 19.0 Å². The van der Waals surface area contributed by atoms with Crippen LogP contribution in [0.3, 0.4) is 0 Å². The maximum Gasteiger partial charge on any atom is 0.331 e. The Kier molecular flexibility index (Phi) is 6.88. The minimum atomic E-state index is -3.34. The first-order chi connectivity index (χ1) is 7.91. The van der Waals surface area contributed by atoms with Crippen LogP contribution in [0.1, 0.15) is 6.92 Å². The lowest BCUT2D eigenvalue weighted by Gasteiger charge is -2.02. The van der Waals surface area contributed by atoms with Crippen molar-refractivity contribution in [3.05, 3.63) is 24.1 Å². The quantitative estimate of drug-likeness (QED) is 0.370. The SMILES string of the molecule is C=CC(=O)OCCOC(=O)C=CS(=O)(=O)CC. The molecule has 0 aromatic rings. The van der Waals surface area contributed by atoms with E-state index in [0.29, 0.717) is 0 Å². The Bertz CT molecular complexity index is 407. The summed E-state index contributed by atoms with van der Waals surface area (Å²) in [6.07, 6.45) is 1.80. The molecule has 96 valence electrons. The van der Waals surface area contributed by atoms with Gasteiger partial charge in [0.1, 0.15) is 13.2 Å². The van der Waals surface area contributed by atoms with Gasteiger partial charge in [-0.25, -0.2) is 18.0 Å². The number of sulfone groups is 1. The van der Waals surface area contributed by atoms with Gasteiger partial charge in [0.25, 0.3) is 0 Å². The number of rotatable bonds is 7. The average Bonchev–Trinajstić information content (AvgIpc) is 2.32. The van der Waals surface area contributed by atoms with Gasteiger partial charge < -0.3 is 9.47 Å². The third-order valence-corrected chi connectivity index (χ3v) is 2.91. The van der Waals surface area contributed by atoms with E-state index in [9.17, 15) is 18.0 Å². The van der Waals surface area contributed by atoms with E-state index in [1.165, 1.54) is 6.92 Å². The highest BCUT2D eigenvalue weighted by molar-refractivity contribution is 7.94. The summed E-state index contributed by atoms with van der Waals surface area (Å²) in [6, 6.07) is 0. The number of hydrogen-bond donors (Lipinski definition) is 0. The standard InChI is InChI=1S/C10H14O6S/c1-3-9(11)15-6-7-16-10(12)5-8-17(13,14)4-2/h3,5,8H,1,4,6-7H2,2H3. The highest BCUT2D eigenvalue weighted by atomic mass is 32.2.